The van der Waals surface area contributed by atoms with Gasteiger partial charge in [0, 0.05) is 12.3 Å². The maximum Gasteiger partial charge on any atom is 0.186 e. The highest BCUT2D eigenvalue weighted by Crippen LogP contribution is 2.89. The first-order valence-corrected chi connectivity index (χ1v) is 20.4. The van der Waals surface area contributed by atoms with Gasteiger partial charge in [-0.25, -0.2) is 0 Å². The third kappa shape index (κ3) is 5.42. The van der Waals surface area contributed by atoms with Crippen molar-refractivity contribution in [3.05, 3.63) is 0 Å². The number of aliphatic hydroxyl groups excluding tert-OH is 8. The lowest BCUT2D eigenvalue weighted by Crippen LogP contribution is -2.64. The molecule has 8 aliphatic rings. The first kappa shape index (κ1) is 40.2. The summed E-state index contributed by atoms with van der Waals surface area (Å²) >= 11 is 0. The van der Waals surface area contributed by atoms with Crippen LogP contribution in [0.5, 0.6) is 0 Å². The number of hydrogen-bond acceptors (Lipinski definition) is 14. The van der Waals surface area contributed by atoms with Gasteiger partial charge in [-0.2, -0.15) is 0 Å². The summed E-state index contributed by atoms with van der Waals surface area (Å²) in [5, 5.41) is 98.5. The van der Waals surface area contributed by atoms with Crippen LogP contribution < -0.4 is 0 Å². The quantitative estimate of drug-likeness (QED) is 0.166. The molecule has 0 aromatic rings. The van der Waals surface area contributed by atoms with Crippen LogP contribution in [0.4, 0.5) is 0 Å². The first-order chi connectivity index (χ1) is 25.0. The molecule has 2 spiro atoms. The van der Waals surface area contributed by atoms with Crippen LogP contribution in [0, 0.1) is 44.8 Å². The Morgan fingerprint density at radius 2 is 1.28 bits per heavy atom. The topological polar surface area (TPSA) is 228 Å². The molecule has 21 atom stereocenters. The molecule has 0 amide bonds. The summed E-state index contributed by atoms with van der Waals surface area (Å²) in [7, 11) is 0. The van der Waals surface area contributed by atoms with Crippen molar-refractivity contribution in [3.8, 4) is 0 Å². The van der Waals surface area contributed by atoms with E-state index in [1.54, 1.807) is 13.8 Å². The molecule has 8 rings (SSSR count). The molecule has 5 saturated carbocycles. The summed E-state index contributed by atoms with van der Waals surface area (Å²) in [6.45, 7) is 13.7. The lowest BCUT2D eigenvalue weighted by atomic mass is 9.41. The zero-order chi connectivity index (χ0) is 39.3. The van der Waals surface area contributed by atoms with Gasteiger partial charge in [-0.3, -0.25) is 0 Å². The molecule has 3 saturated heterocycles. The van der Waals surface area contributed by atoms with Crippen LogP contribution in [0.1, 0.15) is 99.8 Å². The second kappa shape index (κ2) is 12.7. The molecule has 0 aromatic carbocycles. The molecule has 0 bridgehead atoms. The van der Waals surface area contributed by atoms with Crippen molar-refractivity contribution >= 4 is 0 Å². The zero-order valence-corrected chi connectivity index (χ0v) is 32.9. The van der Waals surface area contributed by atoms with E-state index in [2.05, 4.69) is 27.7 Å². The average molecular weight is 771 g/mol. The summed E-state index contributed by atoms with van der Waals surface area (Å²) in [5.41, 5.74) is -3.39. The van der Waals surface area contributed by atoms with Crippen molar-refractivity contribution in [2.24, 2.45) is 44.8 Å². The van der Waals surface area contributed by atoms with Gasteiger partial charge in [0.2, 0.25) is 0 Å². The fraction of sp³-hybridized carbons (Fsp3) is 1.00. The Bertz CT molecular complexity index is 1440. The largest absolute Gasteiger partial charge is 0.393 e. The van der Waals surface area contributed by atoms with Crippen LogP contribution in [-0.2, 0) is 23.7 Å². The average Bonchev–Trinajstić information content (AvgIpc) is 3.51. The van der Waals surface area contributed by atoms with Gasteiger partial charge in [0.1, 0.15) is 42.7 Å². The smallest absolute Gasteiger partial charge is 0.186 e. The van der Waals surface area contributed by atoms with Gasteiger partial charge in [0.05, 0.1) is 48.8 Å². The second-order valence-electron chi connectivity index (χ2n) is 20.8. The van der Waals surface area contributed by atoms with E-state index in [4.69, 9.17) is 23.7 Å². The lowest BCUT2D eigenvalue weighted by Gasteiger charge is -2.64. The molecular weight excluding hydrogens is 704 g/mol. The predicted molar refractivity (Wildman–Crippen MR) is 189 cm³/mol. The van der Waals surface area contributed by atoms with Crippen LogP contribution in [0.2, 0.25) is 0 Å². The molecule has 9 N–H and O–H groups in total. The third-order valence-electron chi connectivity index (χ3n) is 17.2. The van der Waals surface area contributed by atoms with Gasteiger partial charge >= 0.3 is 0 Å². The zero-order valence-electron chi connectivity index (χ0n) is 32.9. The Hall–Kier alpha value is -0.560. The third-order valence-corrected chi connectivity index (χ3v) is 17.2. The maximum atomic E-state index is 12.4. The van der Waals surface area contributed by atoms with Crippen molar-refractivity contribution in [1.29, 1.82) is 0 Å². The number of hydrogen-bond donors (Lipinski definition) is 9. The van der Waals surface area contributed by atoms with Crippen LogP contribution in [0.15, 0.2) is 0 Å². The predicted octanol–water partition coefficient (Wildman–Crippen LogP) is 0.334. The Morgan fingerprint density at radius 3 is 1.93 bits per heavy atom. The van der Waals surface area contributed by atoms with Gasteiger partial charge in [-0.15, -0.1) is 0 Å². The molecule has 310 valence electrons. The fourth-order valence-corrected chi connectivity index (χ4v) is 14.8. The molecule has 0 aromatic heterocycles. The van der Waals surface area contributed by atoms with E-state index in [1.807, 2.05) is 6.92 Å². The van der Waals surface area contributed by atoms with E-state index in [0.717, 1.165) is 25.7 Å². The van der Waals surface area contributed by atoms with Gasteiger partial charge in [0.25, 0.3) is 0 Å². The van der Waals surface area contributed by atoms with Gasteiger partial charge in [-0.1, -0.05) is 27.7 Å². The highest BCUT2D eigenvalue weighted by Gasteiger charge is 2.85. The Morgan fingerprint density at radius 1 is 0.630 bits per heavy atom. The number of rotatable bonds is 6. The van der Waals surface area contributed by atoms with Crippen molar-refractivity contribution in [3.63, 3.8) is 0 Å². The van der Waals surface area contributed by atoms with E-state index >= 15 is 0 Å². The molecule has 5 aliphatic carbocycles. The minimum Gasteiger partial charge on any atom is -0.393 e. The summed E-state index contributed by atoms with van der Waals surface area (Å²) in [4.78, 5) is 0. The van der Waals surface area contributed by atoms with E-state index in [1.165, 1.54) is 0 Å². The maximum absolute atomic E-state index is 12.4. The molecular formula is C40H66O14. The highest BCUT2D eigenvalue weighted by atomic mass is 16.7. The Balaban J connectivity index is 1.03. The van der Waals surface area contributed by atoms with Crippen molar-refractivity contribution in [2.75, 3.05) is 13.2 Å². The summed E-state index contributed by atoms with van der Waals surface area (Å²) < 4.78 is 30.6. The highest BCUT2D eigenvalue weighted by molar-refractivity contribution is 5.33. The first-order valence-electron chi connectivity index (χ1n) is 20.4. The van der Waals surface area contributed by atoms with E-state index in [-0.39, 0.29) is 52.6 Å². The summed E-state index contributed by atoms with van der Waals surface area (Å²) in [6.07, 6.45) is -8.54. The normalized spacial score (nSPS) is 59.6. The molecule has 54 heavy (non-hydrogen) atoms. The van der Waals surface area contributed by atoms with Gasteiger partial charge < -0.3 is 69.6 Å². The molecule has 3 heterocycles. The van der Waals surface area contributed by atoms with Gasteiger partial charge in [0.15, 0.2) is 12.6 Å². The second-order valence-corrected chi connectivity index (χ2v) is 20.8. The van der Waals surface area contributed by atoms with Crippen molar-refractivity contribution < 1.29 is 69.6 Å². The van der Waals surface area contributed by atoms with Crippen molar-refractivity contribution in [1.82, 2.24) is 0 Å². The number of fused-ring (bicyclic) bond motifs is 2. The van der Waals surface area contributed by atoms with E-state index in [0.29, 0.717) is 25.7 Å². The Labute approximate surface area is 318 Å². The van der Waals surface area contributed by atoms with E-state index < -0.39 is 96.3 Å². The minimum atomic E-state index is -1.61. The SMILES string of the molecule is CC(C)(O)C1OC(C)(C2C(O)CC3(C)C4CC(O)C5C(C)(C)C(OC6OCC(O)C(O)C6OC6OCC(O)C(O)C6O)CCC56CC46CCC23C)CC1O. The van der Waals surface area contributed by atoms with Crippen LogP contribution in [0.25, 0.3) is 0 Å². The Kier molecular flexibility index (Phi) is 9.48. The minimum absolute atomic E-state index is 0.0122. The molecule has 0 radical (unpaired) electrons. The van der Waals surface area contributed by atoms with Crippen molar-refractivity contribution in [2.45, 2.75) is 191 Å². The van der Waals surface area contributed by atoms with Crippen LogP contribution >= 0.6 is 0 Å². The number of aliphatic hydroxyl groups is 9. The lowest BCUT2D eigenvalue weighted by molar-refractivity contribution is -0.356. The molecule has 14 nitrogen and oxygen atoms in total. The molecule has 14 heteroatoms. The monoisotopic (exact) mass is 770 g/mol. The molecule has 8 fully saturated rings. The fourth-order valence-electron chi connectivity index (χ4n) is 14.8. The van der Waals surface area contributed by atoms with Crippen LogP contribution in [-0.4, -0.2) is 150 Å². The standard InChI is InChI=1S/C40H66O14/c1-34(2)24(52-33-28(26(47)22(45)16-51-33)53-32-27(48)25(46)21(44)15-50-32)8-9-40-17-39(40)11-10-36(5)30(38(7)14-20(43)31(54-38)35(3,4)49)19(42)13-37(36,6)23(39)12-18(41)29(34)40/h18-33,41-49H,8-17H2,1-7H3. The van der Waals surface area contributed by atoms with Crippen LogP contribution in [0.3, 0.4) is 0 Å². The summed E-state index contributed by atoms with van der Waals surface area (Å²) in [5.74, 6) is -0.200. The summed E-state index contributed by atoms with van der Waals surface area (Å²) in [6, 6.07) is 0. The van der Waals surface area contributed by atoms with E-state index in [9.17, 15) is 46.0 Å². The molecule has 21 unspecified atom stereocenters. The number of ether oxygens (including phenoxy) is 5. The molecule has 3 aliphatic heterocycles. The van der Waals surface area contributed by atoms with Gasteiger partial charge in [-0.05, 0) is 105 Å².